The smallest absolute Gasteiger partial charge is 0.246 e. The minimum absolute atomic E-state index is 0.105. The summed E-state index contributed by atoms with van der Waals surface area (Å²) in [6.07, 6.45) is 3.52. The van der Waals surface area contributed by atoms with Gasteiger partial charge in [0.2, 0.25) is 5.91 Å². The van der Waals surface area contributed by atoms with Crippen LogP contribution in [0.5, 0.6) is 0 Å². The SMILES string of the molecule is Cc1nn(C)cc1NC(=O)Cn1cc(-c2ccccc2)nn1. The van der Waals surface area contributed by atoms with E-state index in [9.17, 15) is 4.79 Å². The summed E-state index contributed by atoms with van der Waals surface area (Å²) >= 11 is 0. The van der Waals surface area contributed by atoms with Crippen LogP contribution in [0.25, 0.3) is 11.3 Å². The van der Waals surface area contributed by atoms with Crippen LogP contribution in [0, 0.1) is 6.92 Å². The molecule has 0 bridgehead atoms. The number of anilines is 1. The number of benzene rings is 1. The maximum absolute atomic E-state index is 12.1. The van der Waals surface area contributed by atoms with Gasteiger partial charge in [-0.05, 0) is 6.92 Å². The van der Waals surface area contributed by atoms with E-state index >= 15 is 0 Å². The molecule has 7 heteroatoms. The molecule has 0 aliphatic heterocycles. The molecule has 2 aromatic heterocycles. The van der Waals surface area contributed by atoms with Gasteiger partial charge in [-0.3, -0.25) is 9.48 Å². The Morgan fingerprint density at radius 3 is 2.68 bits per heavy atom. The molecule has 22 heavy (non-hydrogen) atoms. The molecule has 1 aromatic carbocycles. The molecule has 7 nitrogen and oxygen atoms in total. The molecular weight excluding hydrogens is 280 g/mol. The molecule has 112 valence electrons. The van der Waals surface area contributed by atoms with Gasteiger partial charge in [-0.2, -0.15) is 5.10 Å². The topological polar surface area (TPSA) is 77.6 Å². The molecule has 0 aliphatic carbocycles. The molecule has 0 atom stereocenters. The lowest BCUT2D eigenvalue weighted by Gasteiger charge is -2.02. The fourth-order valence-corrected chi connectivity index (χ4v) is 2.18. The first-order valence-corrected chi connectivity index (χ1v) is 6.87. The van der Waals surface area contributed by atoms with E-state index < -0.39 is 0 Å². The van der Waals surface area contributed by atoms with Gasteiger partial charge >= 0.3 is 0 Å². The summed E-state index contributed by atoms with van der Waals surface area (Å²) < 4.78 is 3.18. The molecule has 0 saturated carbocycles. The molecule has 0 aliphatic rings. The average Bonchev–Trinajstić information content (AvgIpc) is 3.07. The fourth-order valence-electron chi connectivity index (χ4n) is 2.18. The number of aryl methyl sites for hydroxylation is 2. The lowest BCUT2D eigenvalue weighted by atomic mass is 10.2. The van der Waals surface area contributed by atoms with Crippen molar-refractivity contribution in [1.29, 1.82) is 0 Å². The minimum Gasteiger partial charge on any atom is -0.322 e. The van der Waals surface area contributed by atoms with Crippen molar-refractivity contribution in [2.24, 2.45) is 7.05 Å². The van der Waals surface area contributed by atoms with Crippen molar-refractivity contribution in [1.82, 2.24) is 24.8 Å². The molecule has 3 aromatic rings. The number of rotatable bonds is 4. The molecule has 1 N–H and O–H groups in total. The van der Waals surface area contributed by atoms with Crippen LogP contribution >= 0.6 is 0 Å². The normalized spacial score (nSPS) is 10.6. The Kier molecular flexibility index (Phi) is 3.69. The number of carbonyl (C=O) groups is 1. The summed E-state index contributed by atoms with van der Waals surface area (Å²) in [7, 11) is 1.81. The maximum atomic E-state index is 12.1. The van der Waals surface area contributed by atoms with E-state index in [1.54, 1.807) is 17.1 Å². The van der Waals surface area contributed by atoms with Crippen molar-refractivity contribution < 1.29 is 4.79 Å². The monoisotopic (exact) mass is 296 g/mol. The molecule has 2 heterocycles. The maximum Gasteiger partial charge on any atom is 0.246 e. The van der Waals surface area contributed by atoms with E-state index in [2.05, 4.69) is 20.7 Å². The van der Waals surface area contributed by atoms with Crippen LogP contribution in [0.2, 0.25) is 0 Å². The predicted molar refractivity (Wildman–Crippen MR) is 82.0 cm³/mol. The second kappa shape index (κ2) is 5.80. The van der Waals surface area contributed by atoms with Crippen molar-refractivity contribution in [2.75, 3.05) is 5.32 Å². The third kappa shape index (κ3) is 3.03. The van der Waals surface area contributed by atoms with Gasteiger partial charge in [-0.15, -0.1) is 5.10 Å². The highest BCUT2D eigenvalue weighted by molar-refractivity contribution is 5.90. The first-order chi connectivity index (χ1) is 10.6. The standard InChI is InChI=1S/C15H16N6O/c1-11-13(8-20(2)18-11)16-15(22)10-21-9-14(17-19-21)12-6-4-3-5-7-12/h3-9H,10H2,1-2H3,(H,16,22). The zero-order valence-electron chi connectivity index (χ0n) is 12.4. The summed E-state index contributed by atoms with van der Waals surface area (Å²) in [6.45, 7) is 1.95. The number of nitrogens with one attached hydrogen (secondary N) is 1. The average molecular weight is 296 g/mol. The molecular formula is C15H16N6O. The van der Waals surface area contributed by atoms with Crippen molar-refractivity contribution in [3.05, 3.63) is 48.4 Å². The van der Waals surface area contributed by atoms with Crippen LogP contribution in [0.1, 0.15) is 5.69 Å². The van der Waals surface area contributed by atoms with E-state index in [0.29, 0.717) is 5.69 Å². The Bertz CT molecular complexity index is 789. The summed E-state index contributed by atoms with van der Waals surface area (Å²) in [5.74, 6) is -0.166. The Balaban J connectivity index is 1.67. The third-order valence-corrected chi connectivity index (χ3v) is 3.20. The molecule has 0 spiro atoms. The Morgan fingerprint density at radius 2 is 2.00 bits per heavy atom. The van der Waals surface area contributed by atoms with E-state index in [4.69, 9.17) is 0 Å². The highest BCUT2D eigenvalue weighted by Gasteiger charge is 2.10. The van der Waals surface area contributed by atoms with Crippen molar-refractivity contribution >= 4 is 11.6 Å². The summed E-state index contributed by atoms with van der Waals surface area (Å²) in [4.78, 5) is 12.1. The van der Waals surface area contributed by atoms with Crippen LogP contribution in [-0.4, -0.2) is 30.7 Å². The fraction of sp³-hybridized carbons (Fsp3) is 0.200. The van der Waals surface area contributed by atoms with E-state index in [-0.39, 0.29) is 12.5 Å². The summed E-state index contributed by atoms with van der Waals surface area (Å²) in [6, 6.07) is 9.72. The minimum atomic E-state index is -0.166. The predicted octanol–water partition coefficient (Wildman–Crippen LogP) is 1.63. The number of amides is 1. The largest absolute Gasteiger partial charge is 0.322 e. The number of aromatic nitrogens is 5. The molecule has 0 fully saturated rings. The molecule has 1 amide bonds. The first kappa shape index (κ1) is 14.0. The number of hydrogen-bond donors (Lipinski definition) is 1. The third-order valence-electron chi connectivity index (χ3n) is 3.20. The van der Waals surface area contributed by atoms with Crippen LogP contribution in [0.15, 0.2) is 42.7 Å². The quantitative estimate of drug-likeness (QED) is 0.793. The van der Waals surface area contributed by atoms with Crippen LogP contribution in [0.4, 0.5) is 5.69 Å². The van der Waals surface area contributed by atoms with Gasteiger partial charge in [0.15, 0.2) is 0 Å². The zero-order valence-corrected chi connectivity index (χ0v) is 12.4. The highest BCUT2D eigenvalue weighted by Crippen LogP contribution is 2.15. The van der Waals surface area contributed by atoms with Crippen LogP contribution in [0.3, 0.4) is 0 Å². The van der Waals surface area contributed by atoms with E-state index in [1.807, 2.05) is 44.3 Å². The van der Waals surface area contributed by atoms with Crippen molar-refractivity contribution in [2.45, 2.75) is 13.5 Å². The van der Waals surface area contributed by atoms with Gasteiger partial charge in [0.1, 0.15) is 12.2 Å². The lowest BCUT2D eigenvalue weighted by Crippen LogP contribution is -2.19. The highest BCUT2D eigenvalue weighted by atomic mass is 16.2. The number of nitrogens with zero attached hydrogens (tertiary/aromatic N) is 5. The second-order valence-corrected chi connectivity index (χ2v) is 5.02. The Morgan fingerprint density at radius 1 is 1.23 bits per heavy atom. The van der Waals surface area contributed by atoms with Crippen LogP contribution in [-0.2, 0) is 18.4 Å². The van der Waals surface area contributed by atoms with E-state index in [0.717, 1.165) is 17.0 Å². The van der Waals surface area contributed by atoms with Gasteiger partial charge in [0.05, 0.1) is 17.6 Å². The molecule has 0 radical (unpaired) electrons. The van der Waals surface area contributed by atoms with Gasteiger partial charge in [-0.1, -0.05) is 35.5 Å². The van der Waals surface area contributed by atoms with Gasteiger partial charge in [0.25, 0.3) is 0 Å². The first-order valence-electron chi connectivity index (χ1n) is 6.87. The second-order valence-electron chi connectivity index (χ2n) is 5.02. The summed E-state index contributed by atoms with van der Waals surface area (Å²) in [5.41, 5.74) is 3.19. The van der Waals surface area contributed by atoms with Crippen molar-refractivity contribution in [3.8, 4) is 11.3 Å². The summed E-state index contributed by atoms with van der Waals surface area (Å²) in [5, 5.41) is 15.1. The van der Waals surface area contributed by atoms with Gasteiger partial charge < -0.3 is 5.32 Å². The van der Waals surface area contributed by atoms with Crippen molar-refractivity contribution in [3.63, 3.8) is 0 Å². The molecule has 0 saturated heterocycles. The Hall–Kier alpha value is -2.96. The number of carbonyl (C=O) groups excluding carboxylic acids is 1. The lowest BCUT2D eigenvalue weighted by molar-refractivity contribution is -0.116. The Labute approximate surface area is 127 Å². The van der Waals surface area contributed by atoms with Gasteiger partial charge in [-0.25, -0.2) is 4.68 Å². The van der Waals surface area contributed by atoms with Gasteiger partial charge in [0, 0.05) is 18.8 Å². The molecule has 0 unspecified atom stereocenters. The van der Waals surface area contributed by atoms with E-state index in [1.165, 1.54) is 4.68 Å². The number of hydrogen-bond acceptors (Lipinski definition) is 4. The van der Waals surface area contributed by atoms with Crippen LogP contribution < -0.4 is 5.32 Å². The molecule has 3 rings (SSSR count). The zero-order chi connectivity index (χ0) is 15.5.